The van der Waals surface area contributed by atoms with Crippen LogP contribution in [0.15, 0.2) is 0 Å². The van der Waals surface area contributed by atoms with Crippen LogP contribution in [0, 0.1) is 11.3 Å². The topological polar surface area (TPSA) is 67.6 Å². The third-order valence-electron chi connectivity index (χ3n) is 5.31. The maximum Gasteiger partial charge on any atom is 0.243 e. The van der Waals surface area contributed by atoms with Gasteiger partial charge in [0.1, 0.15) is 5.54 Å². The van der Waals surface area contributed by atoms with E-state index in [1.165, 1.54) is 0 Å². The summed E-state index contributed by atoms with van der Waals surface area (Å²) < 4.78 is 5.86. The van der Waals surface area contributed by atoms with Gasteiger partial charge >= 0.3 is 0 Å². The number of hydrogen-bond donors (Lipinski definition) is 2. The van der Waals surface area contributed by atoms with Gasteiger partial charge in [-0.25, -0.2) is 0 Å². The van der Waals surface area contributed by atoms with Crippen molar-refractivity contribution in [1.29, 1.82) is 0 Å². The molecule has 0 radical (unpaired) electrons. The number of hydrogen-bond acceptors (Lipinski definition) is 4. The molecule has 1 saturated carbocycles. The Hall–Kier alpha value is -0.650. The summed E-state index contributed by atoms with van der Waals surface area (Å²) in [4.78, 5) is 14.6. The van der Waals surface area contributed by atoms with Crippen LogP contribution in [0.5, 0.6) is 0 Å². The largest absolute Gasteiger partial charge is 0.377 e. The molecular formula is C15H29N3O2. The van der Waals surface area contributed by atoms with Gasteiger partial charge in [0.25, 0.3) is 0 Å². The van der Waals surface area contributed by atoms with Crippen molar-refractivity contribution in [3.05, 3.63) is 0 Å². The molecule has 1 aliphatic heterocycles. The van der Waals surface area contributed by atoms with Gasteiger partial charge in [-0.3, -0.25) is 4.79 Å². The SMILES string of the molecule is CNCCCN(C)C(=O)C1(N)C2CCCOC2C1(C)C. The highest BCUT2D eigenvalue weighted by molar-refractivity contribution is 5.89. The van der Waals surface area contributed by atoms with Crippen LogP contribution < -0.4 is 11.1 Å². The molecule has 1 aliphatic carbocycles. The number of carbonyl (C=O) groups is 1. The van der Waals surface area contributed by atoms with E-state index in [0.29, 0.717) is 0 Å². The summed E-state index contributed by atoms with van der Waals surface area (Å²) >= 11 is 0. The molecule has 3 atom stereocenters. The van der Waals surface area contributed by atoms with Gasteiger partial charge in [0.2, 0.25) is 5.91 Å². The van der Waals surface area contributed by atoms with E-state index in [0.717, 1.165) is 39.0 Å². The summed E-state index contributed by atoms with van der Waals surface area (Å²) in [5.74, 6) is 0.246. The Balaban J connectivity index is 2.07. The standard InChI is InChI=1S/C15H29N3O2/c1-14(2)12-11(7-5-10-20-12)15(14,16)13(19)18(4)9-6-8-17-3/h11-12,17H,5-10,16H2,1-4H3. The second-order valence-electron chi connectivity index (χ2n) is 6.81. The predicted octanol–water partition coefficient (Wildman–Crippen LogP) is 0.587. The highest BCUT2D eigenvalue weighted by atomic mass is 16.5. The van der Waals surface area contributed by atoms with Crippen molar-refractivity contribution in [3.8, 4) is 0 Å². The summed E-state index contributed by atoms with van der Waals surface area (Å²) in [6.45, 7) is 6.59. The van der Waals surface area contributed by atoms with E-state index in [1.807, 2.05) is 14.1 Å². The molecule has 5 heteroatoms. The molecule has 2 aliphatic rings. The van der Waals surface area contributed by atoms with E-state index in [9.17, 15) is 4.79 Å². The Morgan fingerprint density at radius 1 is 1.50 bits per heavy atom. The molecule has 1 heterocycles. The second-order valence-corrected chi connectivity index (χ2v) is 6.81. The van der Waals surface area contributed by atoms with Crippen LogP contribution in [0.1, 0.15) is 33.1 Å². The quantitative estimate of drug-likeness (QED) is 0.725. The second kappa shape index (κ2) is 5.62. The number of carbonyl (C=O) groups excluding carboxylic acids is 1. The average Bonchev–Trinajstić information content (AvgIpc) is 2.45. The van der Waals surface area contributed by atoms with Gasteiger partial charge in [0, 0.05) is 31.5 Å². The average molecular weight is 283 g/mol. The molecule has 0 aromatic heterocycles. The molecule has 1 saturated heterocycles. The zero-order valence-electron chi connectivity index (χ0n) is 13.2. The van der Waals surface area contributed by atoms with Crippen molar-refractivity contribution >= 4 is 5.91 Å². The number of ether oxygens (including phenoxy) is 1. The third-order valence-corrected chi connectivity index (χ3v) is 5.31. The zero-order chi connectivity index (χ0) is 15.0. The molecule has 20 heavy (non-hydrogen) atoms. The smallest absolute Gasteiger partial charge is 0.243 e. The predicted molar refractivity (Wildman–Crippen MR) is 79.3 cm³/mol. The van der Waals surface area contributed by atoms with Crippen LogP contribution in [-0.4, -0.2) is 56.2 Å². The molecule has 2 fully saturated rings. The van der Waals surface area contributed by atoms with Crippen molar-refractivity contribution in [2.45, 2.75) is 44.8 Å². The normalized spacial score (nSPS) is 35.0. The molecule has 116 valence electrons. The summed E-state index contributed by atoms with van der Waals surface area (Å²) in [5, 5.41) is 3.10. The molecule has 0 bridgehead atoms. The maximum atomic E-state index is 12.8. The molecular weight excluding hydrogens is 254 g/mol. The lowest BCUT2D eigenvalue weighted by Crippen LogP contribution is -2.82. The number of nitrogens with two attached hydrogens (primary N) is 1. The van der Waals surface area contributed by atoms with Crippen LogP contribution in [0.4, 0.5) is 0 Å². The van der Waals surface area contributed by atoms with E-state index in [2.05, 4.69) is 19.2 Å². The summed E-state index contributed by atoms with van der Waals surface area (Å²) in [7, 11) is 3.78. The lowest BCUT2D eigenvalue weighted by atomic mass is 9.46. The summed E-state index contributed by atoms with van der Waals surface area (Å²) in [5.41, 5.74) is 5.54. The third kappa shape index (κ3) is 2.16. The van der Waals surface area contributed by atoms with E-state index in [1.54, 1.807) is 4.90 Å². The Kier molecular flexibility index (Phi) is 4.42. The van der Waals surface area contributed by atoms with Gasteiger partial charge < -0.3 is 20.7 Å². The van der Waals surface area contributed by atoms with Gasteiger partial charge in [0.15, 0.2) is 0 Å². The van der Waals surface area contributed by atoms with E-state index >= 15 is 0 Å². The van der Waals surface area contributed by atoms with Crippen LogP contribution >= 0.6 is 0 Å². The molecule has 5 nitrogen and oxygen atoms in total. The number of fused-ring (bicyclic) bond motifs is 1. The Labute approximate surface area is 122 Å². The van der Waals surface area contributed by atoms with E-state index in [4.69, 9.17) is 10.5 Å². The summed E-state index contributed by atoms with van der Waals surface area (Å²) in [6, 6.07) is 0. The van der Waals surface area contributed by atoms with Crippen LogP contribution in [0.25, 0.3) is 0 Å². The number of rotatable bonds is 5. The monoisotopic (exact) mass is 283 g/mol. The number of nitrogens with zero attached hydrogens (tertiary/aromatic N) is 1. The van der Waals surface area contributed by atoms with Gasteiger partial charge in [-0.15, -0.1) is 0 Å². The highest BCUT2D eigenvalue weighted by Crippen LogP contribution is 2.57. The van der Waals surface area contributed by atoms with Crippen molar-refractivity contribution < 1.29 is 9.53 Å². The lowest BCUT2D eigenvalue weighted by molar-refractivity contribution is -0.229. The fourth-order valence-corrected chi connectivity index (χ4v) is 3.92. The Bertz CT molecular complexity index is 372. The van der Waals surface area contributed by atoms with Crippen LogP contribution in [-0.2, 0) is 9.53 Å². The number of amides is 1. The molecule has 1 amide bonds. The first-order valence-electron chi connectivity index (χ1n) is 7.68. The maximum absolute atomic E-state index is 12.8. The van der Waals surface area contributed by atoms with Gasteiger partial charge in [-0.05, 0) is 32.9 Å². The first kappa shape index (κ1) is 15.7. The first-order chi connectivity index (χ1) is 9.37. The molecule has 0 aromatic carbocycles. The molecule has 3 unspecified atom stereocenters. The first-order valence-corrected chi connectivity index (χ1v) is 7.68. The van der Waals surface area contributed by atoms with Crippen molar-refractivity contribution in [2.75, 3.05) is 33.8 Å². The Morgan fingerprint density at radius 3 is 2.85 bits per heavy atom. The van der Waals surface area contributed by atoms with Crippen LogP contribution in [0.3, 0.4) is 0 Å². The van der Waals surface area contributed by atoms with E-state index in [-0.39, 0.29) is 23.3 Å². The van der Waals surface area contributed by atoms with Gasteiger partial charge in [-0.2, -0.15) is 0 Å². The van der Waals surface area contributed by atoms with E-state index < -0.39 is 5.54 Å². The Morgan fingerprint density at radius 2 is 2.20 bits per heavy atom. The van der Waals surface area contributed by atoms with Gasteiger partial charge in [-0.1, -0.05) is 13.8 Å². The minimum Gasteiger partial charge on any atom is -0.377 e. The zero-order valence-corrected chi connectivity index (χ0v) is 13.2. The van der Waals surface area contributed by atoms with Crippen LogP contribution in [0.2, 0.25) is 0 Å². The summed E-state index contributed by atoms with van der Waals surface area (Å²) in [6.07, 6.45) is 3.09. The van der Waals surface area contributed by atoms with Crippen molar-refractivity contribution in [3.63, 3.8) is 0 Å². The fraction of sp³-hybridized carbons (Fsp3) is 0.933. The molecule has 0 aromatic rings. The fourth-order valence-electron chi connectivity index (χ4n) is 3.92. The minimum atomic E-state index is -0.771. The molecule has 0 spiro atoms. The van der Waals surface area contributed by atoms with Crippen molar-refractivity contribution in [2.24, 2.45) is 17.1 Å². The lowest BCUT2D eigenvalue weighted by Gasteiger charge is -2.65. The number of nitrogens with one attached hydrogen (secondary N) is 1. The van der Waals surface area contributed by atoms with Crippen molar-refractivity contribution in [1.82, 2.24) is 10.2 Å². The highest BCUT2D eigenvalue weighted by Gasteiger charge is 2.70. The molecule has 2 rings (SSSR count). The van der Waals surface area contributed by atoms with Gasteiger partial charge in [0.05, 0.1) is 6.10 Å². The minimum absolute atomic E-state index is 0.0744. The molecule has 3 N–H and O–H groups in total. The number of likely N-dealkylation sites (N-methyl/N-ethyl adjacent to an activating group) is 1.